The van der Waals surface area contributed by atoms with Gasteiger partial charge < -0.3 is 19.5 Å². The first-order valence-corrected chi connectivity index (χ1v) is 10.1. The molecule has 0 saturated carbocycles. The van der Waals surface area contributed by atoms with Crippen molar-refractivity contribution in [3.05, 3.63) is 58.9 Å². The molecule has 2 amide bonds. The Bertz CT molecular complexity index is 925. The SMILES string of the molecule is CN(CC(O)c1ccc(O)cc1)C(=O)CCN1C(=O)C(=Cc2ccco2)SC1=S. The molecule has 0 bridgehead atoms. The monoisotopic (exact) mass is 432 g/mol. The first-order chi connectivity index (χ1) is 13.8. The van der Waals surface area contributed by atoms with Crippen LogP contribution in [0.5, 0.6) is 5.75 Å². The van der Waals surface area contributed by atoms with Gasteiger partial charge in [-0.1, -0.05) is 36.1 Å². The van der Waals surface area contributed by atoms with E-state index in [9.17, 15) is 19.8 Å². The number of nitrogens with zero attached hydrogens (tertiary/aromatic N) is 2. The fourth-order valence-corrected chi connectivity index (χ4v) is 4.05. The Morgan fingerprint density at radius 1 is 1.34 bits per heavy atom. The van der Waals surface area contributed by atoms with Crippen molar-refractivity contribution in [3.63, 3.8) is 0 Å². The average molecular weight is 433 g/mol. The molecule has 1 fully saturated rings. The van der Waals surface area contributed by atoms with Gasteiger partial charge in [-0.2, -0.15) is 0 Å². The van der Waals surface area contributed by atoms with Crippen LogP contribution in [0.4, 0.5) is 0 Å². The maximum atomic E-state index is 12.5. The van der Waals surface area contributed by atoms with Crippen LogP contribution in [0.1, 0.15) is 23.8 Å². The molecule has 1 aliphatic heterocycles. The molecular weight excluding hydrogens is 412 g/mol. The van der Waals surface area contributed by atoms with Crippen LogP contribution in [0.15, 0.2) is 52.0 Å². The zero-order chi connectivity index (χ0) is 21.0. The van der Waals surface area contributed by atoms with Gasteiger partial charge in [-0.25, -0.2) is 0 Å². The zero-order valence-electron chi connectivity index (χ0n) is 15.6. The Balaban J connectivity index is 1.53. The topological polar surface area (TPSA) is 94.2 Å². The molecule has 1 saturated heterocycles. The molecular formula is C20H20N2O5S2. The number of carbonyl (C=O) groups is 2. The van der Waals surface area contributed by atoms with Crippen LogP contribution in [0, 0.1) is 0 Å². The highest BCUT2D eigenvalue weighted by atomic mass is 32.2. The normalized spacial score (nSPS) is 16.5. The van der Waals surface area contributed by atoms with E-state index in [1.807, 2.05) is 0 Å². The average Bonchev–Trinajstić information content (AvgIpc) is 3.29. The maximum absolute atomic E-state index is 12.5. The number of benzene rings is 1. The summed E-state index contributed by atoms with van der Waals surface area (Å²) in [6, 6.07) is 9.63. The number of furan rings is 1. The number of phenols is 1. The van der Waals surface area contributed by atoms with E-state index in [1.165, 1.54) is 40.0 Å². The third-order valence-corrected chi connectivity index (χ3v) is 5.77. The van der Waals surface area contributed by atoms with Crippen molar-refractivity contribution in [3.8, 4) is 5.75 Å². The van der Waals surface area contributed by atoms with Gasteiger partial charge in [0.05, 0.1) is 23.8 Å². The van der Waals surface area contributed by atoms with E-state index in [2.05, 4.69) is 0 Å². The fourth-order valence-electron chi connectivity index (χ4n) is 2.76. The standard InChI is InChI=1S/C20H20N2O5S2/c1-21(12-16(24)13-4-6-14(23)7-5-13)18(25)8-9-22-19(26)17(29-20(22)28)11-15-3-2-10-27-15/h2-7,10-11,16,23-24H,8-9,12H2,1H3. The summed E-state index contributed by atoms with van der Waals surface area (Å²) in [4.78, 5) is 28.2. The number of likely N-dealkylation sites (N-methyl/N-ethyl adjacent to an activating group) is 1. The van der Waals surface area contributed by atoms with Gasteiger partial charge in [-0.05, 0) is 29.8 Å². The Morgan fingerprint density at radius 2 is 2.07 bits per heavy atom. The number of carbonyl (C=O) groups excluding carboxylic acids is 2. The Labute approximate surface area is 177 Å². The second-order valence-corrected chi connectivity index (χ2v) is 8.16. The highest BCUT2D eigenvalue weighted by Crippen LogP contribution is 2.32. The molecule has 2 heterocycles. The van der Waals surface area contributed by atoms with Crippen molar-refractivity contribution in [1.82, 2.24) is 9.80 Å². The van der Waals surface area contributed by atoms with Crippen molar-refractivity contribution in [2.45, 2.75) is 12.5 Å². The summed E-state index contributed by atoms with van der Waals surface area (Å²) in [6.07, 6.45) is 2.35. The number of hydrogen-bond donors (Lipinski definition) is 2. The number of phenolic OH excluding ortho intramolecular Hbond substituents is 1. The molecule has 1 atom stereocenters. The Morgan fingerprint density at radius 3 is 2.72 bits per heavy atom. The number of aromatic hydroxyl groups is 1. The summed E-state index contributed by atoms with van der Waals surface area (Å²) in [5.74, 6) is 0.197. The fraction of sp³-hybridized carbons (Fsp3) is 0.250. The molecule has 2 N–H and O–H groups in total. The minimum Gasteiger partial charge on any atom is -0.508 e. The first-order valence-electron chi connectivity index (χ1n) is 8.85. The summed E-state index contributed by atoms with van der Waals surface area (Å²) < 4.78 is 5.62. The van der Waals surface area contributed by atoms with Gasteiger partial charge in [-0.3, -0.25) is 14.5 Å². The lowest BCUT2D eigenvalue weighted by Gasteiger charge is -2.22. The summed E-state index contributed by atoms with van der Waals surface area (Å²) in [5, 5.41) is 19.6. The van der Waals surface area contributed by atoms with Crippen LogP contribution in [-0.4, -0.2) is 56.3 Å². The van der Waals surface area contributed by atoms with Crippen molar-refractivity contribution in [2.75, 3.05) is 20.1 Å². The molecule has 152 valence electrons. The molecule has 0 radical (unpaired) electrons. The van der Waals surface area contributed by atoms with Gasteiger partial charge in [0.15, 0.2) is 0 Å². The third kappa shape index (κ3) is 5.26. The van der Waals surface area contributed by atoms with E-state index < -0.39 is 6.10 Å². The van der Waals surface area contributed by atoms with Gasteiger partial charge in [0.1, 0.15) is 15.8 Å². The van der Waals surface area contributed by atoms with E-state index >= 15 is 0 Å². The molecule has 1 unspecified atom stereocenters. The molecule has 0 spiro atoms. The van der Waals surface area contributed by atoms with Crippen LogP contribution >= 0.6 is 24.0 Å². The smallest absolute Gasteiger partial charge is 0.266 e. The van der Waals surface area contributed by atoms with Crippen molar-refractivity contribution >= 4 is 46.2 Å². The van der Waals surface area contributed by atoms with E-state index in [0.717, 1.165) is 0 Å². The number of rotatable bonds is 7. The molecule has 1 aliphatic rings. The molecule has 29 heavy (non-hydrogen) atoms. The highest BCUT2D eigenvalue weighted by molar-refractivity contribution is 8.26. The second kappa shape index (κ2) is 9.25. The lowest BCUT2D eigenvalue weighted by atomic mass is 10.1. The third-order valence-electron chi connectivity index (χ3n) is 4.39. The van der Waals surface area contributed by atoms with E-state index in [0.29, 0.717) is 20.5 Å². The lowest BCUT2D eigenvalue weighted by Crippen LogP contribution is -2.36. The quantitative estimate of drug-likeness (QED) is 0.513. The highest BCUT2D eigenvalue weighted by Gasteiger charge is 2.32. The van der Waals surface area contributed by atoms with Gasteiger partial charge in [0.2, 0.25) is 5.91 Å². The maximum Gasteiger partial charge on any atom is 0.266 e. The molecule has 9 heteroatoms. The Hall–Kier alpha value is -2.62. The number of hydrogen-bond acceptors (Lipinski definition) is 7. The van der Waals surface area contributed by atoms with Crippen LogP contribution < -0.4 is 0 Å². The Kier molecular flexibility index (Phi) is 6.73. The van der Waals surface area contributed by atoms with Crippen molar-refractivity contribution in [1.29, 1.82) is 0 Å². The lowest BCUT2D eigenvalue weighted by molar-refractivity contribution is -0.131. The number of thiocarbonyl (C=S) groups is 1. The van der Waals surface area contributed by atoms with Crippen LogP contribution in [-0.2, 0) is 9.59 Å². The molecule has 1 aromatic carbocycles. The molecule has 7 nitrogen and oxygen atoms in total. The number of amides is 2. The van der Waals surface area contributed by atoms with Crippen LogP contribution in [0.2, 0.25) is 0 Å². The molecule has 0 aliphatic carbocycles. The molecule has 1 aromatic heterocycles. The van der Waals surface area contributed by atoms with Crippen LogP contribution in [0.25, 0.3) is 6.08 Å². The minimum absolute atomic E-state index is 0.0826. The summed E-state index contributed by atoms with van der Waals surface area (Å²) in [5.41, 5.74) is 0.599. The second-order valence-electron chi connectivity index (χ2n) is 6.48. The predicted octanol–water partition coefficient (Wildman–Crippen LogP) is 2.77. The number of aliphatic hydroxyl groups excluding tert-OH is 1. The summed E-state index contributed by atoms with van der Waals surface area (Å²) >= 11 is 6.44. The predicted molar refractivity (Wildman–Crippen MR) is 114 cm³/mol. The van der Waals surface area contributed by atoms with Gasteiger partial charge in [-0.15, -0.1) is 0 Å². The van der Waals surface area contributed by atoms with E-state index in [4.69, 9.17) is 16.6 Å². The number of thioether (sulfide) groups is 1. The summed E-state index contributed by atoms with van der Waals surface area (Å²) in [7, 11) is 1.59. The van der Waals surface area contributed by atoms with E-state index in [1.54, 1.807) is 37.4 Å². The van der Waals surface area contributed by atoms with Crippen LogP contribution in [0.3, 0.4) is 0 Å². The van der Waals surface area contributed by atoms with Crippen molar-refractivity contribution < 1.29 is 24.2 Å². The van der Waals surface area contributed by atoms with Gasteiger partial charge >= 0.3 is 0 Å². The minimum atomic E-state index is -0.877. The largest absolute Gasteiger partial charge is 0.508 e. The van der Waals surface area contributed by atoms with Crippen molar-refractivity contribution in [2.24, 2.45) is 0 Å². The van der Waals surface area contributed by atoms with E-state index in [-0.39, 0.29) is 37.1 Å². The molecule has 2 aromatic rings. The number of aliphatic hydroxyl groups is 1. The van der Waals surface area contributed by atoms with Gasteiger partial charge in [0.25, 0.3) is 5.91 Å². The first kappa shape index (κ1) is 21.1. The summed E-state index contributed by atoms with van der Waals surface area (Å²) in [6.45, 7) is 0.263. The zero-order valence-corrected chi connectivity index (χ0v) is 17.3. The molecule has 3 rings (SSSR count). The van der Waals surface area contributed by atoms with Gasteiger partial charge in [0, 0.05) is 26.1 Å².